The highest BCUT2D eigenvalue weighted by Crippen LogP contribution is 2.25. The Kier molecular flexibility index (Phi) is 5.31. The van der Waals surface area contributed by atoms with E-state index in [0.29, 0.717) is 11.5 Å². The van der Waals surface area contributed by atoms with Crippen LogP contribution < -0.4 is 10.2 Å². The van der Waals surface area contributed by atoms with Gasteiger partial charge in [0.05, 0.1) is 0 Å². The molecule has 132 valence electrons. The second kappa shape index (κ2) is 7.64. The highest BCUT2D eigenvalue weighted by Gasteiger charge is 2.20. The van der Waals surface area contributed by atoms with Crippen molar-refractivity contribution < 1.29 is 4.79 Å². The van der Waals surface area contributed by atoms with Gasteiger partial charge in [-0.2, -0.15) is 0 Å². The molecule has 1 amide bonds. The van der Waals surface area contributed by atoms with E-state index >= 15 is 0 Å². The van der Waals surface area contributed by atoms with Crippen molar-refractivity contribution >= 4 is 17.4 Å². The molecule has 1 aliphatic rings. The molecule has 0 spiro atoms. The van der Waals surface area contributed by atoms with Crippen LogP contribution in [0.15, 0.2) is 30.3 Å². The SMILES string of the molecule is CCN(c1cccc(C)c1)c1cc(C(=O)NC2CCCC2)nc(C)n1. The Morgan fingerprint density at radius 2 is 1.96 bits per heavy atom. The monoisotopic (exact) mass is 338 g/mol. The van der Waals surface area contributed by atoms with Crippen LogP contribution in [0, 0.1) is 13.8 Å². The summed E-state index contributed by atoms with van der Waals surface area (Å²) in [4.78, 5) is 23.6. The van der Waals surface area contributed by atoms with Crippen LogP contribution in [0.25, 0.3) is 0 Å². The van der Waals surface area contributed by atoms with Gasteiger partial charge in [0.2, 0.25) is 0 Å². The van der Waals surface area contributed by atoms with Gasteiger partial charge in [0.15, 0.2) is 0 Å². The van der Waals surface area contributed by atoms with Crippen LogP contribution in [0.1, 0.15) is 54.5 Å². The predicted molar refractivity (Wildman–Crippen MR) is 100 cm³/mol. The molecule has 0 aliphatic heterocycles. The number of benzene rings is 1. The molecule has 1 aromatic carbocycles. The van der Waals surface area contributed by atoms with Crippen molar-refractivity contribution in [2.24, 2.45) is 0 Å². The first-order chi connectivity index (χ1) is 12.1. The molecule has 0 atom stereocenters. The summed E-state index contributed by atoms with van der Waals surface area (Å²) in [7, 11) is 0. The van der Waals surface area contributed by atoms with Gasteiger partial charge in [-0.15, -0.1) is 0 Å². The lowest BCUT2D eigenvalue weighted by molar-refractivity contribution is 0.0932. The van der Waals surface area contributed by atoms with Gasteiger partial charge in [0.1, 0.15) is 17.3 Å². The highest BCUT2D eigenvalue weighted by atomic mass is 16.1. The number of carbonyl (C=O) groups is 1. The van der Waals surface area contributed by atoms with Crippen LogP contribution in [0.5, 0.6) is 0 Å². The van der Waals surface area contributed by atoms with Crippen molar-refractivity contribution in [2.75, 3.05) is 11.4 Å². The van der Waals surface area contributed by atoms with Crippen molar-refractivity contribution in [1.82, 2.24) is 15.3 Å². The maximum Gasteiger partial charge on any atom is 0.270 e. The maximum absolute atomic E-state index is 12.6. The van der Waals surface area contributed by atoms with Gasteiger partial charge < -0.3 is 10.2 Å². The minimum absolute atomic E-state index is 0.0982. The van der Waals surface area contributed by atoms with E-state index in [-0.39, 0.29) is 11.9 Å². The van der Waals surface area contributed by atoms with Crippen molar-refractivity contribution in [1.29, 1.82) is 0 Å². The summed E-state index contributed by atoms with van der Waals surface area (Å²) in [6.45, 7) is 6.75. The van der Waals surface area contributed by atoms with Gasteiger partial charge in [0.25, 0.3) is 5.91 Å². The molecule has 0 radical (unpaired) electrons. The summed E-state index contributed by atoms with van der Waals surface area (Å²) in [5, 5.41) is 3.11. The summed E-state index contributed by atoms with van der Waals surface area (Å²) in [5.41, 5.74) is 2.71. The maximum atomic E-state index is 12.6. The summed E-state index contributed by atoms with van der Waals surface area (Å²) < 4.78 is 0. The van der Waals surface area contributed by atoms with Crippen LogP contribution in [0.2, 0.25) is 0 Å². The summed E-state index contributed by atoms with van der Waals surface area (Å²) in [6.07, 6.45) is 4.51. The van der Waals surface area contributed by atoms with Gasteiger partial charge in [-0.05, 0) is 51.3 Å². The number of carbonyl (C=O) groups excluding carboxylic acids is 1. The molecule has 5 nitrogen and oxygen atoms in total. The number of hydrogen-bond donors (Lipinski definition) is 1. The third-order valence-corrected chi connectivity index (χ3v) is 4.65. The van der Waals surface area contributed by atoms with E-state index in [4.69, 9.17) is 0 Å². The molecule has 0 unspecified atom stereocenters. The average molecular weight is 338 g/mol. The molecule has 0 bridgehead atoms. The van der Waals surface area contributed by atoms with Crippen molar-refractivity contribution in [3.8, 4) is 0 Å². The Morgan fingerprint density at radius 1 is 1.20 bits per heavy atom. The van der Waals surface area contributed by atoms with Gasteiger partial charge in [-0.3, -0.25) is 4.79 Å². The molecule has 1 N–H and O–H groups in total. The lowest BCUT2D eigenvalue weighted by Crippen LogP contribution is -2.33. The minimum Gasteiger partial charge on any atom is -0.348 e. The quantitative estimate of drug-likeness (QED) is 0.897. The molecule has 1 heterocycles. The zero-order valence-corrected chi connectivity index (χ0v) is 15.2. The second-order valence-electron chi connectivity index (χ2n) is 6.70. The number of aryl methyl sites for hydroxylation is 2. The number of nitrogens with zero attached hydrogens (tertiary/aromatic N) is 3. The van der Waals surface area contributed by atoms with E-state index < -0.39 is 0 Å². The number of aromatic nitrogens is 2. The van der Waals surface area contributed by atoms with Gasteiger partial charge >= 0.3 is 0 Å². The first-order valence-corrected chi connectivity index (χ1v) is 9.07. The van der Waals surface area contributed by atoms with Crippen molar-refractivity contribution in [2.45, 2.75) is 52.5 Å². The molecular weight excluding hydrogens is 312 g/mol. The molecule has 5 heteroatoms. The molecule has 1 aliphatic carbocycles. The van der Waals surface area contributed by atoms with Gasteiger partial charge in [0, 0.05) is 24.3 Å². The molecular formula is C20H26N4O. The molecule has 25 heavy (non-hydrogen) atoms. The third-order valence-electron chi connectivity index (χ3n) is 4.65. The van der Waals surface area contributed by atoms with Crippen LogP contribution in [-0.4, -0.2) is 28.5 Å². The fourth-order valence-electron chi connectivity index (χ4n) is 3.41. The molecule has 0 saturated heterocycles. The minimum atomic E-state index is -0.0982. The average Bonchev–Trinajstić information content (AvgIpc) is 3.08. The smallest absolute Gasteiger partial charge is 0.270 e. The number of nitrogens with one attached hydrogen (secondary N) is 1. The Morgan fingerprint density at radius 3 is 2.64 bits per heavy atom. The van der Waals surface area contributed by atoms with E-state index in [1.54, 1.807) is 6.07 Å². The number of anilines is 2. The molecule has 1 fully saturated rings. The normalized spacial score (nSPS) is 14.5. The van der Waals surface area contributed by atoms with Crippen molar-refractivity contribution in [3.05, 3.63) is 47.4 Å². The third kappa shape index (κ3) is 4.16. The standard InChI is InChI=1S/C20H26N4O/c1-4-24(17-11-7-8-14(2)12-17)19-13-18(21-15(3)22-19)20(25)23-16-9-5-6-10-16/h7-8,11-13,16H,4-6,9-10H2,1-3H3,(H,23,25). The van der Waals surface area contributed by atoms with Crippen LogP contribution in [0.4, 0.5) is 11.5 Å². The number of rotatable bonds is 5. The van der Waals surface area contributed by atoms with E-state index in [1.165, 1.54) is 18.4 Å². The molecule has 3 rings (SSSR count). The first-order valence-electron chi connectivity index (χ1n) is 9.07. The topological polar surface area (TPSA) is 58.1 Å². The van der Waals surface area contributed by atoms with E-state index in [2.05, 4.69) is 52.2 Å². The predicted octanol–water partition coefficient (Wildman–Crippen LogP) is 3.92. The Labute approximate surface area is 149 Å². The highest BCUT2D eigenvalue weighted by molar-refractivity contribution is 5.93. The number of hydrogen-bond acceptors (Lipinski definition) is 4. The lowest BCUT2D eigenvalue weighted by atomic mass is 10.2. The van der Waals surface area contributed by atoms with E-state index in [0.717, 1.165) is 30.9 Å². The fraction of sp³-hybridized carbons (Fsp3) is 0.450. The fourth-order valence-corrected chi connectivity index (χ4v) is 3.41. The Bertz CT molecular complexity index is 753. The second-order valence-corrected chi connectivity index (χ2v) is 6.70. The van der Waals surface area contributed by atoms with Crippen molar-refractivity contribution in [3.63, 3.8) is 0 Å². The van der Waals surface area contributed by atoms with Gasteiger partial charge in [-0.25, -0.2) is 9.97 Å². The van der Waals surface area contributed by atoms with E-state index in [9.17, 15) is 4.79 Å². The van der Waals surface area contributed by atoms with Gasteiger partial charge in [-0.1, -0.05) is 25.0 Å². The molecule has 1 aromatic heterocycles. The summed E-state index contributed by atoms with van der Waals surface area (Å²) in [5.74, 6) is 1.27. The van der Waals surface area contributed by atoms with E-state index in [1.807, 2.05) is 13.0 Å². The lowest BCUT2D eigenvalue weighted by Gasteiger charge is -2.23. The zero-order valence-electron chi connectivity index (χ0n) is 15.2. The Hall–Kier alpha value is -2.43. The molecule has 1 saturated carbocycles. The largest absolute Gasteiger partial charge is 0.348 e. The molecule has 2 aromatic rings. The summed E-state index contributed by atoms with van der Waals surface area (Å²) in [6, 6.07) is 10.4. The summed E-state index contributed by atoms with van der Waals surface area (Å²) >= 11 is 0. The Balaban J connectivity index is 1.88. The van der Waals surface area contributed by atoms with Crippen LogP contribution in [-0.2, 0) is 0 Å². The van der Waals surface area contributed by atoms with Crippen LogP contribution >= 0.6 is 0 Å². The van der Waals surface area contributed by atoms with Crippen LogP contribution in [0.3, 0.4) is 0 Å². The zero-order chi connectivity index (χ0) is 17.8. The first kappa shape index (κ1) is 17.4. The number of amides is 1.